The van der Waals surface area contributed by atoms with E-state index in [0.717, 1.165) is 31.5 Å². The normalized spacial score (nSPS) is 16.5. The van der Waals surface area contributed by atoms with Crippen LogP contribution < -0.4 is 10.6 Å². The van der Waals surface area contributed by atoms with Gasteiger partial charge < -0.3 is 10.6 Å². The zero-order valence-corrected chi connectivity index (χ0v) is 16.3. The highest BCUT2D eigenvalue weighted by Crippen LogP contribution is 2.26. The zero-order valence-electron chi connectivity index (χ0n) is 13.1. The van der Waals surface area contributed by atoms with Crippen LogP contribution in [0.25, 0.3) is 0 Å². The summed E-state index contributed by atoms with van der Waals surface area (Å²) in [5, 5.41) is 8.91. The maximum Gasteiger partial charge on any atom is 0.191 e. The molecule has 21 heavy (non-hydrogen) atoms. The summed E-state index contributed by atoms with van der Waals surface area (Å²) in [6, 6.07) is 5.62. The summed E-state index contributed by atoms with van der Waals surface area (Å²) in [5.41, 5.74) is 0. The third kappa shape index (κ3) is 6.52. The van der Waals surface area contributed by atoms with E-state index in [1.54, 1.807) is 0 Å². The lowest BCUT2D eigenvalue weighted by molar-refractivity contribution is 0.247. The maximum absolute atomic E-state index is 4.28. The molecule has 2 N–H and O–H groups in total. The molecular formula is C15H27IN4S. The number of nitrogens with one attached hydrogen (secondary N) is 2. The number of aliphatic imine (C=N–C) groups is 1. The van der Waals surface area contributed by atoms with Gasteiger partial charge in [0.1, 0.15) is 0 Å². The van der Waals surface area contributed by atoms with E-state index in [1.165, 1.54) is 17.7 Å². The molecule has 4 nitrogen and oxygen atoms in total. The van der Waals surface area contributed by atoms with Crippen LogP contribution in [-0.2, 0) is 6.42 Å². The van der Waals surface area contributed by atoms with E-state index in [9.17, 15) is 0 Å². The Hall–Kier alpha value is -0.340. The molecule has 2 rings (SSSR count). The Balaban J connectivity index is 0.00000220. The van der Waals surface area contributed by atoms with E-state index in [1.807, 2.05) is 18.4 Å². The molecule has 0 spiro atoms. The van der Waals surface area contributed by atoms with Crippen LogP contribution in [0.4, 0.5) is 0 Å². The van der Waals surface area contributed by atoms with Gasteiger partial charge in [-0.1, -0.05) is 6.07 Å². The van der Waals surface area contributed by atoms with Crippen LogP contribution >= 0.6 is 35.3 Å². The van der Waals surface area contributed by atoms with E-state index in [4.69, 9.17) is 0 Å². The first kappa shape index (κ1) is 18.7. The summed E-state index contributed by atoms with van der Waals surface area (Å²) < 4.78 is 0. The summed E-state index contributed by atoms with van der Waals surface area (Å²) in [6.07, 6.45) is 3.76. The Bertz CT molecular complexity index is 417. The van der Waals surface area contributed by atoms with Crippen molar-refractivity contribution in [1.82, 2.24) is 15.5 Å². The minimum absolute atomic E-state index is 0. The van der Waals surface area contributed by atoms with Crippen molar-refractivity contribution in [3.63, 3.8) is 0 Å². The zero-order chi connectivity index (χ0) is 14.4. The van der Waals surface area contributed by atoms with Crippen molar-refractivity contribution in [3.05, 3.63) is 22.4 Å². The number of hydrogen-bond donors (Lipinski definition) is 2. The number of likely N-dealkylation sites (N-methyl/N-ethyl adjacent to an activating group) is 1. The molecule has 1 aromatic rings. The minimum atomic E-state index is 0. The lowest BCUT2D eigenvalue weighted by atomic mass is 10.3. The van der Waals surface area contributed by atoms with E-state index < -0.39 is 0 Å². The molecule has 0 aromatic carbocycles. The Morgan fingerprint density at radius 3 is 2.81 bits per heavy atom. The van der Waals surface area contributed by atoms with Gasteiger partial charge in [-0.25, -0.2) is 0 Å². The van der Waals surface area contributed by atoms with Gasteiger partial charge in [0.2, 0.25) is 0 Å². The quantitative estimate of drug-likeness (QED) is 0.403. The summed E-state index contributed by atoms with van der Waals surface area (Å²) in [4.78, 5) is 8.15. The second-order valence-corrected chi connectivity index (χ2v) is 6.49. The molecule has 0 saturated heterocycles. The van der Waals surface area contributed by atoms with Crippen molar-refractivity contribution in [2.24, 2.45) is 4.99 Å². The van der Waals surface area contributed by atoms with Crippen molar-refractivity contribution < 1.29 is 0 Å². The highest BCUT2D eigenvalue weighted by molar-refractivity contribution is 14.0. The molecule has 1 saturated carbocycles. The van der Waals surface area contributed by atoms with Gasteiger partial charge in [-0.3, -0.25) is 9.89 Å². The topological polar surface area (TPSA) is 39.7 Å². The van der Waals surface area contributed by atoms with Crippen LogP contribution in [0.1, 0.15) is 24.6 Å². The van der Waals surface area contributed by atoms with E-state index in [0.29, 0.717) is 6.04 Å². The molecule has 0 radical (unpaired) electrons. The van der Waals surface area contributed by atoms with Gasteiger partial charge in [0.25, 0.3) is 0 Å². The first-order valence-corrected chi connectivity index (χ1v) is 8.27. The van der Waals surface area contributed by atoms with Gasteiger partial charge in [0.15, 0.2) is 5.96 Å². The molecule has 1 aliphatic rings. The number of nitrogens with zero attached hydrogens (tertiary/aromatic N) is 2. The molecule has 1 aromatic heterocycles. The smallest absolute Gasteiger partial charge is 0.191 e. The fraction of sp³-hybridized carbons (Fsp3) is 0.667. The van der Waals surface area contributed by atoms with Crippen LogP contribution in [-0.4, -0.2) is 50.1 Å². The Labute approximate surface area is 149 Å². The predicted molar refractivity (Wildman–Crippen MR) is 103 cm³/mol. The number of thiophene rings is 1. The summed E-state index contributed by atoms with van der Waals surface area (Å²) >= 11 is 1.81. The lowest BCUT2D eigenvalue weighted by Crippen LogP contribution is -2.45. The molecular weight excluding hydrogens is 395 g/mol. The monoisotopic (exact) mass is 422 g/mol. The predicted octanol–water partition coefficient (Wildman–Crippen LogP) is 2.56. The molecule has 0 bridgehead atoms. The van der Waals surface area contributed by atoms with Crippen LogP contribution in [0.3, 0.4) is 0 Å². The van der Waals surface area contributed by atoms with Gasteiger partial charge in [0, 0.05) is 37.1 Å². The van der Waals surface area contributed by atoms with Crippen molar-refractivity contribution in [3.8, 4) is 0 Å². The average Bonchev–Trinajstić information content (AvgIpc) is 3.18. The minimum Gasteiger partial charge on any atom is -0.356 e. The first-order valence-electron chi connectivity index (χ1n) is 7.39. The summed E-state index contributed by atoms with van der Waals surface area (Å²) in [6.45, 7) is 4.13. The fourth-order valence-corrected chi connectivity index (χ4v) is 2.92. The van der Waals surface area contributed by atoms with Crippen LogP contribution in [0.15, 0.2) is 22.5 Å². The Morgan fingerprint density at radius 1 is 1.48 bits per heavy atom. The third-order valence-electron chi connectivity index (χ3n) is 3.85. The molecule has 6 heteroatoms. The maximum atomic E-state index is 4.28. The number of hydrogen-bond acceptors (Lipinski definition) is 3. The fourth-order valence-electron chi connectivity index (χ4n) is 2.21. The van der Waals surface area contributed by atoms with Crippen LogP contribution in [0.5, 0.6) is 0 Å². The second-order valence-electron chi connectivity index (χ2n) is 5.45. The third-order valence-corrected chi connectivity index (χ3v) is 4.79. The van der Waals surface area contributed by atoms with Gasteiger partial charge in [0.05, 0.1) is 0 Å². The van der Waals surface area contributed by atoms with Gasteiger partial charge >= 0.3 is 0 Å². The van der Waals surface area contributed by atoms with Crippen molar-refractivity contribution in [2.75, 3.05) is 27.2 Å². The first-order chi connectivity index (χ1) is 9.70. The molecule has 120 valence electrons. The van der Waals surface area contributed by atoms with E-state index >= 15 is 0 Å². The average molecular weight is 422 g/mol. The van der Waals surface area contributed by atoms with Crippen molar-refractivity contribution >= 4 is 41.3 Å². The Morgan fingerprint density at radius 2 is 2.24 bits per heavy atom. The Kier molecular flexibility index (Phi) is 8.58. The second kappa shape index (κ2) is 9.63. The highest BCUT2D eigenvalue weighted by atomic mass is 127. The molecule has 0 amide bonds. The lowest BCUT2D eigenvalue weighted by Gasteiger charge is -2.25. The SMILES string of the molecule is CN=C(NCCc1cccs1)NCC(C)N(C)C1CC1.I. The van der Waals surface area contributed by atoms with Crippen LogP contribution in [0.2, 0.25) is 0 Å². The van der Waals surface area contributed by atoms with Gasteiger partial charge in [-0.2, -0.15) is 0 Å². The molecule has 0 aliphatic heterocycles. The van der Waals surface area contributed by atoms with Gasteiger partial charge in [-0.05, 0) is 44.7 Å². The number of guanidine groups is 1. The van der Waals surface area contributed by atoms with Crippen molar-refractivity contribution in [1.29, 1.82) is 0 Å². The largest absolute Gasteiger partial charge is 0.356 e. The molecule has 1 unspecified atom stereocenters. The standard InChI is InChI=1S/C15H26N4S.HI/c1-12(19(3)13-6-7-13)11-18-15(16-2)17-9-8-14-5-4-10-20-14;/h4-5,10,12-13H,6-9,11H2,1-3H3,(H2,16,17,18);1H. The molecule has 1 atom stereocenters. The van der Waals surface area contributed by atoms with Crippen molar-refractivity contribution in [2.45, 2.75) is 38.3 Å². The highest BCUT2D eigenvalue weighted by Gasteiger charge is 2.28. The van der Waals surface area contributed by atoms with Gasteiger partial charge in [-0.15, -0.1) is 35.3 Å². The molecule has 1 fully saturated rings. The van der Waals surface area contributed by atoms with Crippen LogP contribution in [0, 0.1) is 0 Å². The number of halogens is 1. The van der Waals surface area contributed by atoms with E-state index in [2.05, 4.69) is 52.0 Å². The number of rotatable bonds is 7. The summed E-state index contributed by atoms with van der Waals surface area (Å²) in [5.74, 6) is 0.901. The molecule has 1 heterocycles. The summed E-state index contributed by atoms with van der Waals surface area (Å²) in [7, 11) is 4.05. The van der Waals surface area contributed by atoms with E-state index in [-0.39, 0.29) is 24.0 Å². The molecule has 1 aliphatic carbocycles.